The van der Waals surface area contributed by atoms with Crippen LogP contribution in [0.1, 0.15) is 48.7 Å². The standard InChI is InChI=1S/C19H24ClN3OS/c1-13-14(2)23(16-8-4-5-9-16)19(22-13)25-12-18(24)21-11-15-7-3-6-10-17(15)20/h3,6-7,10,16H,4-5,8-9,11-12H2,1-2H3,(H,21,24). The fourth-order valence-electron chi connectivity index (χ4n) is 3.31. The van der Waals surface area contributed by atoms with Gasteiger partial charge in [-0.1, -0.05) is 54.4 Å². The van der Waals surface area contributed by atoms with Gasteiger partial charge in [0.05, 0.1) is 11.4 Å². The summed E-state index contributed by atoms with van der Waals surface area (Å²) >= 11 is 7.65. The Hall–Kier alpha value is -1.46. The van der Waals surface area contributed by atoms with E-state index in [4.69, 9.17) is 11.6 Å². The van der Waals surface area contributed by atoms with Crippen LogP contribution in [-0.2, 0) is 11.3 Å². The summed E-state index contributed by atoms with van der Waals surface area (Å²) in [6.07, 6.45) is 4.99. The van der Waals surface area contributed by atoms with Crippen molar-refractivity contribution >= 4 is 29.3 Å². The lowest BCUT2D eigenvalue weighted by Gasteiger charge is -2.16. The van der Waals surface area contributed by atoms with Gasteiger partial charge in [0, 0.05) is 23.3 Å². The first-order valence-electron chi connectivity index (χ1n) is 8.74. The highest BCUT2D eigenvalue weighted by Crippen LogP contribution is 2.35. The molecule has 6 heteroatoms. The normalized spacial score (nSPS) is 14.8. The minimum atomic E-state index is 0.00111. The third kappa shape index (κ3) is 4.39. The van der Waals surface area contributed by atoms with Crippen molar-refractivity contribution < 1.29 is 4.79 Å². The number of halogens is 1. The lowest BCUT2D eigenvalue weighted by molar-refractivity contribution is -0.118. The lowest BCUT2D eigenvalue weighted by Crippen LogP contribution is -2.25. The second-order valence-electron chi connectivity index (χ2n) is 6.53. The highest BCUT2D eigenvalue weighted by Gasteiger charge is 2.23. The summed E-state index contributed by atoms with van der Waals surface area (Å²) in [5.74, 6) is 0.369. The highest BCUT2D eigenvalue weighted by molar-refractivity contribution is 7.99. The number of benzene rings is 1. The van der Waals surface area contributed by atoms with E-state index in [1.807, 2.05) is 31.2 Å². The van der Waals surface area contributed by atoms with E-state index < -0.39 is 0 Å². The molecule has 0 bridgehead atoms. The molecule has 134 valence electrons. The molecule has 4 nitrogen and oxygen atoms in total. The number of carbonyl (C=O) groups excluding carboxylic acids is 1. The summed E-state index contributed by atoms with van der Waals surface area (Å²) in [4.78, 5) is 16.9. The Kier molecular flexibility index (Phi) is 6.07. The average molecular weight is 378 g/mol. The van der Waals surface area contributed by atoms with Crippen molar-refractivity contribution in [2.24, 2.45) is 0 Å². The van der Waals surface area contributed by atoms with Gasteiger partial charge in [0.25, 0.3) is 0 Å². The number of aryl methyl sites for hydroxylation is 1. The van der Waals surface area contributed by atoms with Gasteiger partial charge in [-0.2, -0.15) is 0 Å². The van der Waals surface area contributed by atoms with Gasteiger partial charge >= 0.3 is 0 Å². The van der Waals surface area contributed by atoms with Crippen LogP contribution in [0.2, 0.25) is 5.02 Å². The van der Waals surface area contributed by atoms with Gasteiger partial charge in [-0.05, 0) is 38.3 Å². The monoisotopic (exact) mass is 377 g/mol. The first-order valence-corrected chi connectivity index (χ1v) is 10.1. The van der Waals surface area contributed by atoms with E-state index in [9.17, 15) is 4.79 Å². The van der Waals surface area contributed by atoms with Crippen molar-refractivity contribution in [3.8, 4) is 0 Å². The molecule has 1 fully saturated rings. The average Bonchev–Trinajstić information content (AvgIpc) is 3.21. The van der Waals surface area contributed by atoms with Crippen molar-refractivity contribution in [2.45, 2.75) is 57.3 Å². The van der Waals surface area contributed by atoms with Crippen LogP contribution in [0.15, 0.2) is 29.4 Å². The molecule has 1 aliphatic rings. The van der Waals surface area contributed by atoms with Crippen LogP contribution < -0.4 is 5.32 Å². The van der Waals surface area contributed by atoms with Crippen molar-refractivity contribution in [3.05, 3.63) is 46.2 Å². The molecule has 0 saturated heterocycles. The van der Waals surface area contributed by atoms with Crippen molar-refractivity contribution in [2.75, 3.05) is 5.75 Å². The molecule has 0 atom stereocenters. The van der Waals surface area contributed by atoms with Crippen molar-refractivity contribution in [1.29, 1.82) is 0 Å². The first-order chi connectivity index (χ1) is 12.1. The Labute approximate surface area is 158 Å². The van der Waals surface area contributed by atoms with E-state index in [-0.39, 0.29) is 5.91 Å². The third-order valence-corrected chi connectivity index (χ3v) is 6.13. The zero-order chi connectivity index (χ0) is 17.8. The summed E-state index contributed by atoms with van der Waals surface area (Å²) < 4.78 is 2.34. The molecule has 1 N–H and O–H groups in total. The quantitative estimate of drug-likeness (QED) is 0.743. The van der Waals surface area contributed by atoms with E-state index in [2.05, 4.69) is 21.8 Å². The molecule has 0 unspecified atom stereocenters. The lowest BCUT2D eigenvalue weighted by atomic mass is 10.2. The Morgan fingerprint density at radius 3 is 2.76 bits per heavy atom. The van der Waals surface area contributed by atoms with Crippen LogP contribution in [0, 0.1) is 13.8 Å². The molecule has 1 aromatic heterocycles. The second kappa shape index (κ2) is 8.28. The van der Waals surface area contributed by atoms with Gasteiger partial charge in [0.1, 0.15) is 0 Å². The number of aromatic nitrogens is 2. The van der Waals surface area contributed by atoms with E-state index in [1.165, 1.54) is 43.1 Å². The van der Waals surface area contributed by atoms with Gasteiger partial charge in [-0.25, -0.2) is 4.98 Å². The van der Waals surface area contributed by atoms with Crippen molar-refractivity contribution in [3.63, 3.8) is 0 Å². The smallest absolute Gasteiger partial charge is 0.230 e. The van der Waals surface area contributed by atoms with E-state index in [1.54, 1.807) is 0 Å². The number of amides is 1. The van der Waals surface area contributed by atoms with Crippen LogP contribution in [0.4, 0.5) is 0 Å². The Morgan fingerprint density at radius 1 is 1.32 bits per heavy atom. The highest BCUT2D eigenvalue weighted by atomic mass is 35.5. The van der Waals surface area contributed by atoms with Gasteiger partial charge in [-0.15, -0.1) is 0 Å². The largest absolute Gasteiger partial charge is 0.351 e. The maximum Gasteiger partial charge on any atom is 0.230 e. The third-order valence-electron chi connectivity index (χ3n) is 4.81. The summed E-state index contributed by atoms with van der Waals surface area (Å²) in [7, 11) is 0. The van der Waals surface area contributed by atoms with E-state index in [0.717, 1.165) is 16.4 Å². The minimum absolute atomic E-state index is 0.00111. The maximum atomic E-state index is 12.2. The first kappa shape index (κ1) is 18.3. The summed E-state index contributed by atoms with van der Waals surface area (Å²) in [5.41, 5.74) is 3.22. The molecule has 1 aromatic carbocycles. The van der Waals surface area contributed by atoms with Crippen LogP contribution >= 0.6 is 23.4 Å². The molecule has 3 rings (SSSR count). The summed E-state index contributed by atoms with van der Waals surface area (Å²) in [6, 6.07) is 8.11. The fourth-order valence-corrected chi connectivity index (χ4v) is 4.50. The maximum absolute atomic E-state index is 12.2. The summed E-state index contributed by atoms with van der Waals surface area (Å²) in [6.45, 7) is 4.62. The number of hydrogen-bond donors (Lipinski definition) is 1. The van der Waals surface area contributed by atoms with Gasteiger partial charge in [0.2, 0.25) is 5.91 Å². The van der Waals surface area contributed by atoms with Crippen LogP contribution in [0.25, 0.3) is 0 Å². The molecule has 25 heavy (non-hydrogen) atoms. The molecular weight excluding hydrogens is 354 g/mol. The topological polar surface area (TPSA) is 46.9 Å². The van der Waals surface area contributed by atoms with Crippen molar-refractivity contribution in [1.82, 2.24) is 14.9 Å². The molecule has 1 amide bonds. The number of thioether (sulfide) groups is 1. The van der Waals surface area contributed by atoms with Crippen LogP contribution in [0.5, 0.6) is 0 Å². The summed E-state index contributed by atoms with van der Waals surface area (Å²) in [5, 5.41) is 4.59. The molecule has 0 aliphatic heterocycles. The Balaban J connectivity index is 1.59. The second-order valence-corrected chi connectivity index (χ2v) is 7.88. The minimum Gasteiger partial charge on any atom is -0.351 e. The molecule has 0 radical (unpaired) electrons. The predicted octanol–water partition coefficient (Wildman–Crippen LogP) is 4.68. The fraction of sp³-hybridized carbons (Fsp3) is 0.474. The van der Waals surface area contributed by atoms with E-state index in [0.29, 0.717) is 23.4 Å². The van der Waals surface area contributed by atoms with Gasteiger partial charge < -0.3 is 9.88 Å². The number of nitrogens with zero attached hydrogens (tertiary/aromatic N) is 2. The molecule has 1 saturated carbocycles. The Morgan fingerprint density at radius 2 is 2.04 bits per heavy atom. The van der Waals surface area contributed by atoms with Crippen LogP contribution in [0.3, 0.4) is 0 Å². The molecule has 1 aliphatic carbocycles. The zero-order valence-corrected chi connectivity index (χ0v) is 16.3. The van der Waals surface area contributed by atoms with Gasteiger partial charge in [0.15, 0.2) is 5.16 Å². The van der Waals surface area contributed by atoms with E-state index >= 15 is 0 Å². The zero-order valence-electron chi connectivity index (χ0n) is 14.7. The Bertz CT molecular complexity index is 753. The SMILES string of the molecule is Cc1nc(SCC(=O)NCc2ccccc2Cl)n(C2CCCC2)c1C. The van der Waals surface area contributed by atoms with Gasteiger partial charge in [-0.3, -0.25) is 4.79 Å². The van der Waals surface area contributed by atoms with Crippen LogP contribution in [-0.4, -0.2) is 21.2 Å². The molecular formula is C19H24ClN3OS. The number of imidazole rings is 1. The number of hydrogen-bond acceptors (Lipinski definition) is 3. The molecule has 2 aromatic rings. The molecule has 0 spiro atoms. The predicted molar refractivity (Wildman–Crippen MR) is 103 cm³/mol. The number of carbonyl (C=O) groups is 1. The molecule has 1 heterocycles. The number of rotatable bonds is 6. The number of nitrogens with one attached hydrogen (secondary N) is 1.